The van der Waals surface area contributed by atoms with Crippen molar-refractivity contribution in [1.82, 2.24) is 9.78 Å². The average Bonchev–Trinajstić information content (AvgIpc) is 2.95. The first-order valence-electron chi connectivity index (χ1n) is 8.41. The van der Waals surface area contributed by atoms with Crippen LogP contribution >= 0.6 is 0 Å². The van der Waals surface area contributed by atoms with E-state index in [-0.39, 0.29) is 12.5 Å². The fourth-order valence-electron chi connectivity index (χ4n) is 2.72. The van der Waals surface area contributed by atoms with Crippen LogP contribution in [0.5, 0.6) is 5.75 Å². The van der Waals surface area contributed by atoms with Gasteiger partial charge in [0.05, 0.1) is 12.8 Å². The highest BCUT2D eigenvalue weighted by Crippen LogP contribution is 2.33. The molecule has 4 heteroatoms. The minimum atomic E-state index is 0.174. The Hall–Kier alpha value is -1.81. The molecular weight excluding hydrogens is 288 g/mol. The number of ether oxygens (including phenoxy) is 1. The molecule has 4 nitrogen and oxygen atoms in total. The van der Waals surface area contributed by atoms with Crippen LogP contribution in [0.2, 0.25) is 0 Å². The number of aliphatic hydroxyl groups excluding tert-OH is 1. The Bertz CT molecular complexity index is 634. The number of nitrogens with zero attached hydrogens (tertiary/aromatic N) is 2. The zero-order valence-corrected chi connectivity index (χ0v) is 14.7. The van der Waals surface area contributed by atoms with Gasteiger partial charge in [-0.2, -0.15) is 5.10 Å². The Kier molecular flexibility index (Phi) is 6.22. The van der Waals surface area contributed by atoms with Crippen molar-refractivity contribution in [3.8, 4) is 17.0 Å². The van der Waals surface area contributed by atoms with Crippen molar-refractivity contribution in [2.75, 3.05) is 13.7 Å². The molecule has 2 rings (SSSR count). The lowest BCUT2D eigenvalue weighted by Crippen LogP contribution is -2.11. The lowest BCUT2D eigenvalue weighted by Gasteiger charge is -2.09. The molecule has 0 saturated heterocycles. The van der Waals surface area contributed by atoms with Crippen LogP contribution in [0.15, 0.2) is 24.4 Å². The molecule has 1 aromatic heterocycles. The molecule has 126 valence electrons. The van der Waals surface area contributed by atoms with Gasteiger partial charge in [0.2, 0.25) is 0 Å². The topological polar surface area (TPSA) is 47.3 Å². The monoisotopic (exact) mass is 316 g/mol. The predicted octanol–water partition coefficient (Wildman–Crippen LogP) is 3.84. The maximum absolute atomic E-state index is 9.29. The van der Waals surface area contributed by atoms with Crippen LogP contribution in [-0.4, -0.2) is 28.6 Å². The third-order valence-electron chi connectivity index (χ3n) is 4.06. The van der Waals surface area contributed by atoms with E-state index in [1.54, 1.807) is 7.11 Å². The van der Waals surface area contributed by atoms with E-state index in [0.29, 0.717) is 0 Å². The summed E-state index contributed by atoms with van der Waals surface area (Å²) in [7, 11) is 1.70. The van der Waals surface area contributed by atoms with Crippen molar-refractivity contribution in [3.63, 3.8) is 0 Å². The van der Waals surface area contributed by atoms with Gasteiger partial charge in [0, 0.05) is 24.9 Å². The van der Waals surface area contributed by atoms with Gasteiger partial charge in [0.25, 0.3) is 0 Å². The number of methoxy groups -OCH3 is 1. The molecule has 1 unspecified atom stereocenters. The van der Waals surface area contributed by atoms with Crippen LogP contribution in [0.1, 0.15) is 37.8 Å². The molecule has 0 aliphatic carbocycles. The maximum atomic E-state index is 9.29. The van der Waals surface area contributed by atoms with Gasteiger partial charge in [-0.05, 0) is 43.4 Å². The first-order chi connectivity index (χ1) is 11.1. The number of aromatic nitrogens is 2. The van der Waals surface area contributed by atoms with E-state index in [2.05, 4.69) is 32.2 Å². The minimum Gasteiger partial charge on any atom is -0.496 e. The number of unbranched alkanes of at least 4 members (excludes halogenated alkanes) is 1. The third-order valence-corrected chi connectivity index (χ3v) is 4.06. The average molecular weight is 316 g/mol. The molecule has 1 N–H and O–H groups in total. The second-order valence-corrected chi connectivity index (χ2v) is 6.32. The van der Waals surface area contributed by atoms with Crippen LogP contribution in [0.4, 0.5) is 0 Å². The van der Waals surface area contributed by atoms with E-state index in [1.165, 1.54) is 11.1 Å². The number of hydrogen-bond acceptors (Lipinski definition) is 3. The third kappa shape index (κ3) is 4.35. The summed E-state index contributed by atoms with van der Waals surface area (Å²) in [6.45, 7) is 7.21. The molecule has 2 aromatic rings. The molecule has 0 amide bonds. The lowest BCUT2D eigenvalue weighted by molar-refractivity contribution is 0.219. The Labute approximate surface area is 139 Å². The smallest absolute Gasteiger partial charge is 0.128 e. The van der Waals surface area contributed by atoms with Crippen molar-refractivity contribution < 1.29 is 9.84 Å². The van der Waals surface area contributed by atoms with Crippen molar-refractivity contribution in [2.45, 2.75) is 46.6 Å². The molecule has 0 fully saturated rings. The SMILES string of the molecule is CCCCc1cn(CC(C)CO)nc1-c1cc(C)ccc1OC. The second kappa shape index (κ2) is 8.16. The molecule has 0 radical (unpaired) electrons. The lowest BCUT2D eigenvalue weighted by atomic mass is 10.0. The highest BCUT2D eigenvalue weighted by molar-refractivity contribution is 5.70. The van der Waals surface area contributed by atoms with Gasteiger partial charge in [-0.3, -0.25) is 4.68 Å². The number of aliphatic hydroxyl groups is 1. The van der Waals surface area contributed by atoms with E-state index in [1.807, 2.05) is 17.7 Å². The first kappa shape index (κ1) is 17.5. The first-order valence-corrected chi connectivity index (χ1v) is 8.41. The highest BCUT2D eigenvalue weighted by atomic mass is 16.5. The van der Waals surface area contributed by atoms with Gasteiger partial charge in [-0.15, -0.1) is 0 Å². The molecule has 23 heavy (non-hydrogen) atoms. The summed E-state index contributed by atoms with van der Waals surface area (Å²) < 4.78 is 7.50. The van der Waals surface area contributed by atoms with Crippen LogP contribution in [0.25, 0.3) is 11.3 Å². The number of hydrogen-bond donors (Lipinski definition) is 1. The molecule has 1 atom stereocenters. The Morgan fingerprint density at radius 1 is 1.35 bits per heavy atom. The summed E-state index contributed by atoms with van der Waals surface area (Å²) in [4.78, 5) is 0. The molecule has 1 aromatic carbocycles. The van der Waals surface area contributed by atoms with E-state index in [9.17, 15) is 5.11 Å². The zero-order chi connectivity index (χ0) is 16.8. The Balaban J connectivity index is 2.44. The standard InChI is InChI=1S/C19H28N2O2/c1-5-6-7-16-12-21(11-15(3)13-22)20-19(16)17-10-14(2)8-9-18(17)23-4/h8-10,12,15,22H,5-7,11,13H2,1-4H3. The summed E-state index contributed by atoms with van der Waals surface area (Å²) in [5.41, 5.74) is 4.50. The quantitative estimate of drug-likeness (QED) is 0.805. The summed E-state index contributed by atoms with van der Waals surface area (Å²) in [5.74, 6) is 1.05. The largest absolute Gasteiger partial charge is 0.496 e. The zero-order valence-electron chi connectivity index (χ0n) is 14.7. The summed E-state index contributed by atoms with van der Waals surface area (Å²) in [6.07, 6.45) is 5.43. The Morgan fingerprint density at radius 3 is 2.78 bits per heavy atom. The molecule has 0 aliphatic heterocycles. The van der Waals surface area contributed by atoms with Crippen LogP contribution in [0.3, 0.4) is 0 Å². The van der Waals surface area contributed by atoms with Crippen molar-refractivity contribution >= 4 is 0 Å². The highest BCUT2D eigenvalue weighted by Gasteiger charge is 2.16. The molecule has 0 aliphatic rings. The van der Waals surface area contributed by atoms with E-state index in [0.717, 1.165) is 42.8 Å². The molecule has 0 saturated carbocycles. The molecule has 0 spiro atoms. The normalized spacial score (nSPS) is 12.4. The van der Waals surface area contributed by atoms with E-state index < -0.39 is 0 Å². The van der Waals surface area contributed by atoms with E-state index in [4.69, 9.17) is 9.84 Å². The summed E-state index contributed by atoms with van der Waals surface area (Å²) in [5, 5.41) is 14.1. The van der Waals surface area contributed by atoms with Gasteiger partial charge in [-0.1, -0.05) is 31.9 Å². The van der Waals surface area contributed by atoms with Gasteiger partial charge in [-0.25, -0.2) is 0 Å². The predicted molar refractivity (Wildman–Crippen MR) is 93.8 cm³/mol. The van der Waals surface area contributed by atoms with Crippen LogP contribution < -0.4 is 4.74 Å². The fourth-order valence-corrected chi connectivity index (χ4v) is 2.72. The van der Waals surface area contributed by atoms with Crippen LogP contribution in [0, 0.1) is 12.8 Å². The molecular formula is C19H28N2O2. The van der Waals surface area contributed by atoms with Gasteiger partial charge in [0.1, 0.15) is 5.75 Å². The van der Waals surface area contributed by atoms with E-state index >= 15 is 0 Å². The number of aryl methyl sites for hydroxylation is 2. The fraction of sp³-hybridized carbons (Fsp3) is 0.526. The van der Waals surface area contributed by atoms with Gasteiger partial charge < -0.3 is 9.84 Å². The molecule has 0 bridgehead atoms. The molecule has 1 heterocycles. The minimum absolute atomic E-state index is 0.174. The second-order valence-electron chi connectivity index (χ2n) is 6.32. The van der Waals surface area contributed by atoms with Crippen molar-refractivity contribution in [1.29, 1.82) is 0 Å². The van der Waals surface area contributed by atoms with Crippen LogP contribution in [-0.2, 0) is 13.0 Å². The van der Waals surface area contributed by atoms with Gasteiger partial charge in [0.15, 0.2) is 0 Å². The van der Waals surface area contributed by atoms with Crippen molar-refractivity contribution in [2.24, 2.45) is 5.92 Å². The van der Waals surface area contributed by atoms with Gasteiger partial charge >= 0.3 is 0 Å². The van der Waals surface area contributed by atoms with Crippen molar-refractivity contribution in [3.05, 3.63) is 35.5 Å². The Morgan fingerprint density at radius 2 is 2.13 bits per heavy atom. The number of rotatable bonds is 8. The summed E-state index contributed by atoms with van der Waals surface area (Å²) in [6, 6.07) is 6.19. The maximum Gasteiger partial charge on any atom is 0.128 e. The number of benzene rings is 1. The summed E-state index contributed by atoms with van der Waals surface area (Å²) >= 11 is 0.